The lowest BCUT2D eigenvalue weighted by atomic mass is 9.87. The third-order valence-electron chi connectivity index (χ3n) is 3.80. The van der Waals surface area contributed by atoms with Crippen molar-refractivity contribution < 1.29 is 9.90 Å². The van der Waals surface area contributed by atoms with Crippen molar-refractivity contribution in [3.05, 3.63) is 0 Å². The van der Waals surface area contributed by atoms with Gasteiger partial charge in [0.2, 0.25) is 0 Å². The van der Waals surface area contributed by atoms with Crippen LogP contribution in [0, 0.1) is 5.92 Å². The van der Waals surface area contributed by atoms with Crippen LogP contribution in [0.2, 0.25) is 0 Å². The van der Waals surface area contributed by atoms with Gasteiger partial charge in [-0.25, -0.2) is 4.79 Å². The molecule has 0 heterocycles. The lowest BCUT2D eigenvalue weighted by Crippen LogP contribution is -2.44. The SMILES string of the molecule is CC(CO)N(C)C(=O)NCCC1CCCCC1. The molecule has 0 radical (unpaired) electrons. The average Bonchev–Trinajstić information content (AvgIpc) is 2.38. The zero-order valence-corrected chi connectivity index (χ0v) is 11.1. The van der Waals surface area contributed by atoms with E-state index in [9.17, 15) is 4.79 Å². The molecule has 1 unspecified atom stereocenters. The van der Waals surface area contributed by atoms with E-state index in [0.29, 0.717) is 0 Å². The molecule has 4 nitrogen and oxygen atoms in total. The topological polar surface area (TPSA) is 52.6 Å². The molecule has 0 aromatic heterocycles. The first-order chi connectivity index (χ1) is 8.15. The monoisotopic (exact) mass is 242 g/mol. The van der Waals surface area contributed by atoms with Gasteiger partial charge >= 0.3 is 6.03 Å². The fourth-order valence-corrected chi connectivity index (χ4v) is 2.31. The highest BCUT2D eigenvalue weighted by atomic mass is 16.3. The fraction of sp³-hybridized carbons (Fsp3) is 0.923. The minimum absolute atomic E-state index is 0.00649. The molecule has 1 aliphatic carbocycles. The zero-order valence-electron chi connectivity index (χ0n) is 11.1. The molecule has 2 N–H and O–H groups in total. The number of nitrogens with zero attached hydrogens (tertiary/aromatic N) is 1. The van der Waals surface area contributed by atoms with Crippen LogP contribution in [0.4, 0.5) is 4.79 Å². The van der Waals surface area contributed by atoms with Crippen molar-refractivity contribution in [3.63, 3.8) is 0 Å². The minimum atomic E-state index is -0.121. The van der Waals surface area contributed by atoms with Gasteiger partial charge in [-0.3, -0.25) is 0 Å². The summed E-state index contributed by atoms with van der Waals surface area (Å²) in [7, 11) is 1.72. The van der Waals surface area contributed by atoms with Crippen LogP contribution in [0.3, 0.4) is 0 Å². The van der Waals surface area contributed by atoms with Gasteiger partial charge in [-0.2, -0.15) is 0 Å². The molecule has 1 aliphatic rings. The molecule has 0 aliphatic heterocycles. The number of carbonyl (C=O) groups excluding carboxylic acids is 1. The molecule has 1 fully saturated rings. The molecule has 0 aromatic carbocycles. The second-order valence-corrected chi connectivity index (χ2v) is 5.17. The van der Waals surface area contributed by atoms with Crippen molar-refractivity contribution in [2.45, 2.75) is 51.5 Å². The van der Waals surface area contributed by atoms with Crippen molar-refractivity contribution in [2.24, 2.45) is 5.92 Å². The molecule has 100 valence electrons. The highest BCUT2D eigenvalue weighted by molar-refractivity contribution is 5.74. The number of aliphatic hydroxyl groups is 1. The van der Waals surface area contributed by atoms with Crippen LogP contribution < -0.4 is 5.32 Å². The van der Waals surface area contributed by atoms with Gasteiger partial charge in [0, 0.05) is 13.6 Å². The van der Waals surface area contributed by atoms with E-state index >= 15 is 0 Å². The number of amides is 2. The number of carbonyl (C=O) groups is 1. The highest BCUT2D eigenvalue weighted by Crippen LogP contribution is 2.25. The first-order valence-electron chi connectivity index (χ1n) is 6.76. The van der Waals surface area contributed by atoms with Crippen LogP contribution >= 0.6 is 0 Å². The average molecular weight is 242 g/mol. The Hall–Kier alpha value is -0.770. The maximum atomic E-state index is 11.7. The highest BCUT2D eigenvalue weighted by Gasteiger charge is 2.16. The van der Waals surface area contributed by atoms with Crippen LogP contribution in [0.25, 0.3) is 0 Å². The molecule has 0 aromatic rings. The maximum absolute atomic E-state index is 11.7. The number of likely N-dealkylation sites (N-methyl/N-ethyl adjacent to an activating group) is 1. The van der Waals surface area contributed by atoms with Gasteiger partial charge in [0.15, 0.2) is 0 Å². The lowest BCUT2D eigenvalue weighted by Gasteiger charge is -2.25. The Bertz CT molecular complexity index is 227. The Morgan fingerprint density at radius 2 is 2.06 bits per heavy atom. The second-order valence-electron chi connectivity index (χ2n) is 5.17. The summed E-state index contributed by atoms with van der Waals surface area (Å²) in [6.45, 7) is 2.60. The van der Waals surface area contributed by atoms with Crippen LogP contribution in [0.1, 0.15) is 45.4 Å². The van der Waals surface area contributed by atoms with Gasteiger partial charge in [0.25, 0.3) is 0 Å². The summed E-state index contributed by atoms with van der Waals surface area (Å²) in [5, 5.41) is 11.9. The van der Waals surface area contributed by atoms with Crippen molar-refractivity contribution in [2.75, 3.05) is 20.2 Å². The lowest BCUT2D eigenvalue weighted by molar-refractivity contribution is 0.156. The van der Waals surface area contributed by atoms with Gasteiger partial charge in [-0.05, 0) is 19.3 Å². The quantitative estimate of drug-likeness (QED) is 0.774. The predicted octanol–water partition coefficient (Wildman–Crippen LogP) is 1.98. The summed E-state index contributed by atoms with van der Waals surface area (Å²) >= 11 is 0. The summed E-state index contributed by atoms with van der Waals surface area (Å²) in [4.78, 5) is 13.2. The van der Waals surface area contributed by atoms with Gasteiger partial charge in [0.05, 0.1) is 12.6 Å². The molecular weight excluding hydrogens is 216 g/mol. The Balaban J connectivity index is 2.14. The van der Waals surface area contributed by atoms with E-state index in [1.54, 1.807) is 11.9 Å². The second kappa shape index (κ2) is 7.54. The summed E-state index contributed by atoms with van der Waals surface area (Å²) in [5.74, 6) is 0.796. The van der Waals surface area contributed by atoms with E-state index in [1.165, 1.54) is 32.1 Å². The van der Waals surface area contributed by atoms with Gasteiger partial charge in [-0.1, -0.05) is 32.1 Å². The Morgan fingerprint density at radius 3 is 2.65 bits per heavy atom. The summed E-state index contributed by atoms with van der Waals surface area (Å²) in [6, 6.07) is -0.202. The minimum Gasteiger partial charge on any atom is -0.394 e. The predicted molar refractivity (Wildman–Crippen MR) is 68.9 cm³/mol. The molecule has 0 bridgehead atoms. The van der Waals surface area contributed by atoms with Crippen LogP contribution in [-0.2, 0) is 0 Å². The maximum Gasteiger partial charge on any atom is 0.317 e. The van der Waals surface area contributed by atoms with Crippen molar-refractivity contribution in [1.29, 1.82) is 0 Å². The van der Waals surface area contributed by atoms with E-state index in [2.05, 4.69) is 5.32 Å². The Labute approximate surface area is 104 Å². The first-order valence-corrected chi connectivity index (χ1v) is 6.76. The molecular formula is C13H26N2O2. The van der Waals surface area contributed by atoms with E-state index in [1.807, 2.05) is 6.92 Å². The Morgan fingerprint density at radius 1 is 1.41 bits per heavy atom. The van der Waals surface area contributed by atoms with E-state index in [-0.39, 0.29) is 18.7 Å². The van der Waals surface area contributed by atoms with Crippen LogP contribution in [-0.4, -0.2) is 42.3 Å². The van der Waals surface area contributed by atoms with Crippen molar-refractivity contribution in [3.8, 4) is 0 Å². The summed E-state index contributed by atoms with van der Waals surface area (Å²) in [5.41, 5.74) is 0. The molecule has 1 rings (SSSR count). The third kappa shape index (κ3) is 4.94. The fourth-order valence-electron chi connectivity index (χ4n) is 2.31. The Kier molecular flexibility index (Phi) is 6.34. The molecule has 4 heteroatoms. The van der Waals surface area contributed by atoms with E-state index < -0.39 is 0 Å². The zero-order chi connectivity index (χ0) is 12.7. The number of hydrogen-bond acceptors (Lipinski definition) is 2. The largest absolute Gasteiger partial charge is 0.394 e. The summed E-state index contributed by atoms with van der Waals surface area (Å²) in [6.07, 6.45) is 7.80. The molecule has 17 heavy (non-hydrogen) atoms. The number of aliphatic hydroxyl groups excluding tert-OH is 1. The van der Waals surface area contributed by atoms with E-state index in [4.69, 9.17) is 5.11 Å². The third-order valence-corrected chi connectivity index (χ3v) is 3.80. The van der Waals surface area contributed by atoms with Gasteiger partial charge < -0.3 is 15.3 Å². The van der Waals surface area contributed by atoms with Crippen molar-refractivity contribution in [1.82, 2.24) is 10.2 Å². The molecule has 1 atom stereocenters. The van der Waals surface area contributed by atoms with Gasteiger partial charge in [-0.15, -0.1) is 0 Å². The molecule has 1 saturated carbocycles. The number of urea groups is 1. The first kappa shape index (κ1) is 14.3. The molecule has 0 spiro atoms. The number of nitrogens with one attached hydrogen (secondary N) is 1. The van der Waals surface area contributed by atoms with Crippen LogP contribution in [0.5, 0.6) is 0 Å². The smallest absolute Gasteiger partial charge is 0.317 e. The van der Waals surface area contributed by atoms with Crippen LogP contribution in [0.15, 0.2) is 0 Å². The normalized spacial score (nSPS) is 18.8. The number of rotatable bonds is 5. The van der Waals surface area contributed by atoms with Crippen molar-refractivity contribution >= 4 is 6.03 Å². The molecule has 2 amide bonds. The van der Waals surface area contributed by atoms with E-state index in [0.717, 1.165) is 18.9 Å². The van der Waals surface area contributed by atoms with Gasteiger partial charge in [0.1, 0.15) is 0 Å². The number of hydrogen-bond donors (Lipinski definition) is 2. The molecule has 0 saturated heterocycles. The summed E-state index contributed by atoms with van der Waals surface area (Å²) < 4.78 is 0. The standard InChI is InChI=1S/C13H26N2O2/c1-11(10-16)15(2)13(17)14-9-8-12-6-4-3-5-7-12/h11-12,16H,3-10H2,1-2H3,(H,14,17).